The molecular formula is C16H20N4O4S. The van der Waals surface area contributed by atoms with Gasteiger partial charge < -0.3 is 10.1 Å². The van der Waals surface area contributed by atoms with Gasteiger partial charge in [0.2, 0.25) is 0 Å². The number of aryl methyl sites for hydroxylation is 2. The van der Waals surface area contributed by atoms with Crippen LogP contribution in [0.1, 0.15) is 22.3 Å². The zero-order valence-corrected chi connectivity index (χ0v) is 15.1. The Kier molecular flexibility index (Phi) is 6.40. The summed E-state index contributed by atoms with van der Waals surface area (Å²) in [5.41, 5.74) is 0.854. The van der Waals surface area contributed by atoms with Crippen LogP contribution < -0.4 is 10.1 Å². The van der Waals surface area contributed by atoms with Crippen molar-refractivity contribution < 1.29 is 14.5 Å². The van der Waals surface area contributed by atoms with E-state index < -0.39 is 10.8 Å². The summed E-state index contributed by atoms with van der Waals surface area (Å²) in [6.45, 7) is 0.422. The summed E-state index contributed by atoms with van der Waals surface area (Å²) < 4.78 is 6.87. The Morgan fingerprint density at radius 1 is 1.48 bits per heavy atom. The highest BCUT2D eigenvalue weighted by Gasteiger charge is 2.23. The minimum absolute atomic E-state index is 0.0385. The molecule has 0 bridgehead atoms. The number of carbonyl (C=O) groups is 1. The van der Waals surface area contributed by atoms with E-state index in [-0.39, 0.29) is 11.3 Å². The fourth-order valence-electron chi connectivity index (χ4n) is 2.39. The van der Waals surface area contributed by atoms with Crippen LogP contribution in [0.2, 0.25) is 0 Å². The van der Waals surface area contributed by atoms with Crippen molar-refractivity contribution in [1.82, 2.24) is 15.1 Å². The molecule has 9 heteroatoms. The maximum Gasteiger partial charge on any atom is 0.285 e. The van der Waals surface area contributed by atoms with Crippen molar-refractivity contribution in [2.24, 2.45) is 7.05 Å². The van der Waals surface area contributed by atoms with E-state index in [1.54, 1.807) is 10.9 Å². The Morgan fingerprint density at radius 2 is 2.24 bits per heavy atom. The van der Waals surface area contributed by atoms with Crippen LogP contribution in [0.25, 0.3) is 0 Å². The number of methoxy groups -OCH3 is 1. The molecule has 0 aliphatic carbocycles. The summed E-state index contributed by atoms with van der Waals surface area (Å²) in [6, 6.07) is 2.79. The minimum atomic E-state index is -0.572. The van der Waals surface area contributed by atoms with Crippen LogP contribution >= 0.6 is 11.8 Å². The number of nitro benzene ring substituents is 1. The molecule has 0 aliphatic heterocycles. The van der Waals surface area contributed by atoms with Gasteiger partial charge in [-0.25, -0.2) is 0 Å². The van der Waals surface area contributed by atoms with E-state index in [2.05, 4.69) is 10.4 Å². The van der Waals surface area contributed by atoms with Gasteiger partial charge in [0.05, 0.1) is 29.2 Å². The topological polar surface area (TPSA) is 99.3 Å². The number of ether oxygens (including phenoxy) is 1. The van der Waals surface area contributed by atoms with Crippen LogP contribution in [0.4, 0.5) is 5.69 Å². The van der Waals surface area contributed by atoms with Crippen LogP contribution in [0.3, 0.4) is 0 Å². The molecule has 2 aromatic rings. The van der Waals surface area contributed by atoms with Crippen LogP contribution in [0.5, 0.6) is 5.75 Å². The van der Waals surface area contributed by atoms with E-state index in [1.165, 1.54) is 31.0 Å². The second kappa shape index (κ2) is 8.52. The average Bonchev–Trinajstić information content (AvgIpc) is 3.02. The second-order valence-corrected chi connectivity index (χ2v) is 6.21. The summed E-state index contributed by atoms with van der Waals surface area (Å²) in [4.78, 5) is 23.7. The van der Waals surface area contributed by atoms with Crippen molar-refractivity contribution in [2.75, 3.05) is 19.9 Å². The Morgan fingerprint density at radius 3 is 2.80 bits per heavy atom. The molecule has 1 aromatic carbocycles. The van der Waals surface area contributed by atoms with E-state index >= 15 is 0 Å². The predicted molar refractivity (Wildman–Crippen MR) is 95.3 cm³/mol. The number of nitro groups is 1. The zero-order valence-electron chi connectivity index (χ0n) is 14.3. The van der Waals surface area contributed by atoms with Crippen LogP contribution in [0, 0.1) is 10.1 Å². The van der Waals surface area contributed by atoms with Gasteiger partial charge in [0, 0.05) is 19.8 Å². The molecule has 134 valence electrons. The minimum Gasteiger partial charge on any atom is -0.495 e. The smallest absolute Gasteiger partial charge is 0.285 e. The fourth-order valence-corrected chi connectivity index (χ4v) is 2.97. The number of amides is 1. The number of carbonyl (C=O) groups excluding carboxylic acids is 1. The van der Waals surface area contributed by atoms with Gasteiger partial charge in [-0.1, -0.05) is 0 Å². The van der Waals surface area contributed by atoms with Gasteiger partial charge in [0.1, 0.15) is 11.3 Å². The van der Waals surface area contributed by atoms with Gasteiger partial charge in [-0.2, -0.15) is 5.10 Å². The molecule has 1 heterocycles. The first-order valence-corrected chi connectivity index (χ1v) is 8.85. The van der Waals surface area contributed by atoms with Gasteiger partial charge in [-0.05, 0) is 30.7 Å². The lowest BCUT2D eigenvalue weighted by Crippen LogP contribution is -2.25. The lowest BCUT2D eigenvalue weighted by Gasteiger charge is -2.10. The monoisotopic (exact) mass is 364 g/mol. The molecule has 1 aromatic heterocycles. The van der Waals surface area contributed by atoms with Crippen LogP contribution in [-0.4, -0.2) is 40.5 Å². The van der Waals surface area contributed by atoms with E-state index in [0.29, 0.717) is 17.2 Å². The molecule has 0 aliphatic rings. The first kappa shape index (κ1) is 18.8. The maximum atomic E-state index is 12.4. The van der Waals surface area contributed by atoms with Crippen LogP contribution in [0.15, 0.2) is 29.4 Å². The standard InChI is InChI=1S/C16H20N4O4S/c1-19-10-11(9-18-19)5-4-6-17-16(21)12-7-15(25-3)14(24-2)8-13(12)20(22)23/h7-10H,4-6H2,1-3H3,(H,17,21). The zero-order chi connectivity index (χ0) is 18.4. The highest BCUT2D eigenvalue weighted by atomic mass is 32.2. The molecule has 0 saturated heterocycles. The lowest BCUT2D eigenvalue weighted by molar-refractivity contribution is -0.385. The number of thioether (sulfide) groups is 1. The number of rotatable bonds is 8. The normalized spacial score (nSPS) is 10.5. The molecule has 8 nitrogen and oxygen atoms in total. The Labute approximate surface area is 149 Å². The summed E-state index contributed by atoms with van der Waals surface area (Å²) in [5.74, 6) is -0.0804. The van der Waals surface area contributed by atoms with Gasteiger partial charge in [0.15, 0.2) is 0 Å². The molecule has 2 rings (SSSR count). The van der Waals surface area contributed by atoms with Gasteiger partial charge in [0.25, 0.3) is 11.6 Å². The van der Waals surface area contributed by atoms with Crippen molar-refractivity contribution in [3.8, 4) is 5.75 Å². The highest BCUT2D eigenvalue weighted by molar-refractivity contribution is 7.98. The van der Waals surface area contributed by atoms with E-state index in [4.69, 9.17) is 4.74 Å². The number of benzene rings is 1. The van der Waals surface area contributed by atoms with Crippen molar-refractivity contribution in [1.29, 1.82) is 0 Å². The summed E-state index contributed by atoms with van der Waals surface area (Å²) in [7, 11) is 3.29. The number of hydrogen-bond donors (Lipinski definition) is 1. The number of aromatic nitrogens is 2. The third kappa shape index (κ3) is 4.72. The van der Waals surface area contributed by atoms with Crippen LogP contribution in [-0.2, 0) is 13.5 Å². The van der Waals surface area contributed by atoms with Crippen molar-refractivity contribution in [3.05, 3.63) is 45.8 Å². The average molecular weight is 364 g/mol. The predicted octanol–water partition coefficient (Wildman–Crippen LogP) is 2.42. The van der Waals surface area contributed by atoms with Gasteiger partial charge >= 0.3 is 0 Å². The number of nitrogens with zero attached hydrogens (tertiary/aromatic N) is 3. The van der Waals surface area contributed by atoms with Crippen molar-refractivity contribution in [2.45, 2.75) is 17.7 Å². The Hall–Kier alpha value is -2.55. The Balaban J connectivity index is 2.05. The molecule has 25 heavy (non-hydrogen) atoms. The third-order valence-electron chi connectivity index (χ3n) is 3.63. The largest absolute Gasteiger partial charge is 0.495 e. The van der Waals surface area contributed by atoms with E-state index in [1.807, 2.05) is 19.5 Å². The molecule has 1 amide bonds. The third-order valence-corrected chi connectivity index (χ3v) is 4.39. The van der Waals surface area contributed by atoms with Gasteiger partial charge in [-0.15, -0.1) is 11.8 Å². The molecule has 0 unspecified atom stereocenters. The second-order valence-electron chi connectivity index (χ2n) is 5.36. The maximum absolute atomic E-state index is 12.4. The summed E-state index contributed by atoms with van der Waals surface area (Å²) >= 11 is 1.36. The summed E-state index contributed by atoms with van der Waals surface area (Å²) in [5, 5.41) is 18.1. The molecule has 1 N–H and O–H groups in total. The summed E-state index contributed by atoms with van der Waals surface area (Å²) in [6.07, 6.45) is 7.01. The van der Waals surface area contributed by atoms with Gasteiger partial charge in [-0.3, -0.25) is 19.6 Å². The highest BCUT2D eigenvalue weighted by Crippen LogP contribution is 2.34. The molecular weight excluding hydrogens is 344 g/mol. The Bertz CT molecular complexity index is 775. The first-order valence-electron chi connectivity index (χ1n) is 7.62. The SMILES string of the molecule is COc1cc([N+](=O)[O-])c(C(=O)NCCCc2cnn(C)c2)cc1SC. The molecule has 0 fully saturated rings. The van der Waals surface area contributed by atoms with Crippen molar-refractivity contribution >= 4 is 23.4 Å². The number of nitrogens with one attached hydrogen (secondary N) is 1. The number of hydrogen-bond acceptors (Lipinski definition) is 6. The molecule has 0 atom stereocenters. The lowest BCUT2D eigenvalue weighted by atomic mass is 10.1. The van der Waals surface area contributed by atoms with E-state index in [9.17, 15) is 14.9 Å². The van der Waals surface area contributed by atoms with E-state index in [0.717, 1.165) is 18.4 Å². The quantitative estimate of drug-likeness (QED) is 0.334. The molecule has 0 radical (unpaired) electrons. The molecule has 0 spiro atoms. The van der Waals surface area contributed by atoms with Crippen molar-refractivity contribution in [3.63, 3.8) is 0 Å². The first-order chi connectivity index (χ1) is 12.0. The fraction of sp³-hybridized carbons (Fsp3) is 0.375. The molecule has 0 saturated carbocycles.